The summed E-state index contributed by atoms with van der Waals surface area (Å²) in [7, 11) is -5.65. The third-order valence-corrected chi connectivity index (χ3v) is 8.20. The van der Waals surface area contributed by atoms with Gasteiger partial charge in [-0.2, -0.15) is 21.6 Å². The molecule has 1 aliphatic rings. The molecule has 2 aromatic heterocycles. The Kier molecular flexibility index (Phi) is 6.54. The molecule has 0 spiro atoms. The molecule has 0 atom stereocenters. The molecule has 1 aliphatic carbocycles. The van der Waals surface area contributed by atoms with E-state index >= 15 is 0 Å². The molecule has 0 bridgehead atoms. The quantitative estimate of drug-likeness (QED) is 0.235. The smallest absolute Gasteiger partial charge is 0.477 e. The topological polar surface area (TPSA) is 114 Å². The van der Waals surface area contributed by atoms with Crippen LogP contribution in [-0.2, 0) is 23.0 Å². The lowest BCUT2D eigenvalue weighted by molar-refractivity contribution is -0.0429. The lowest BCUT2D eigenvalue weighted by Crippen LogP contribution is -2.30. The Balaban J connectivity index is 1.54. The number of imidazole rings is 1. The van der Waals surface area contributed by atoms with Crippen LogP contribution in [-0.4, -0.2) is 34.6 Å². The fraction of sp³-hybridized carbons (Fsp3) is 0.280. The molecule has 2 aromatic carbocycles. The van der Waals surface area contributed by atoms with Gasteiger partial charge in [0.2, 0.25) is 0 Å². The van der Waals surface area contributed by atoms with Crippen LogP contribution >= 0.6 is 15.9 Å². The van der Waals surface area contributed by atoms with Gasteiger partial charge in [-0.05, 0) is 58.6 Å². The molecule has 0 unspecified atom stereocenters. The molecule has 1 saturated carbocycles. The van der Waals surface area contributed by atoms with Crippen LogP contribution in [0.1, 0.15) is 53.3 Å². The fourth-order valence-electron chi connectivity index (χ4n) is 4.37. The van der Waals surface area contributed by atoms with E-state index in [1.54, 1.807) is 33.6 Å². The van der Waals surface area contributed by atoms with Crippen molar-refractivity contribution in [3.63, 3.8) is 0 Å². The number of nitrogens with zero attached hydrogens (tertiary/aromatic N) is 2. The Labute approximate surface area is 223 Å². The van der Waals surface area contributed by atoms with Crippen LogP contribution in [0.4, 0.5) is 18.9 Å². The molecular formula is C25H21BrF3N3O5S. The minimum Gasteiger partial charge on any atom is -0.477 e. The number of aromatic nitrogens is 2. The Morgan fingerprint density at radius 1 is 1.24 bits per heavy atom. The summed E-state index contributed by atoms with van der Waals surface area (Å²) < 4.78 is 72.0. The first kappa shape index (κ1) is 26.3. The summed E-state index contributed by atoms with van der Waals surface area (Å²) in [5, 5.41) is 10.5. The molecule has 4 aromatic rings. The molecular weight excluding hydrogens is 591 g/mol. The van der Waals surface area contributed by atoms with Crippen LogP contribution in [0, 0.1) is 0 Å². The van der Waals surface area contributed by atoms with E-state index in [2.05, 4.69) is 20.9 Å². The van der Waals surface area contributed by atoms with Crippen molar-refractivity contribution >= 4 is 48.6 Å². The number of hydrogen-bond donors (Lipinski definition) is 2. The molecule has 0 aliphatic heterocycles. The normalized spacial score (nSPS) is 14.2. The van der Waals surface area contributed by atoms with Crippen molar-refractivity contribution in [1.29, 1.82) is 0 Å². The highest BCUT2D eigenvalue weighted by molar-refractivity contribution is 9.10. The molecule has 1 fully saturated rings. The summed E-state index contributed by atoms with van der Waals surface area (Å²) in [5.74, 6) is -0.0700. The summed E-state index contributed by atoms with van der Waals surface area (Å²) >= 11 is 3.45. The van der Waals surface area contributed by atoms with Crippen LogP contribution in [0.15, 0.2) is 51.4 Å². The highest BCUT2D eigenvalue weighted by atomic mass is 79.9. The Bertz CT molecular complexity index is 1670. The third kappa shape index (κ3) is 4.68. The van der Waals surface area contributed by atoms with Crippen molar-refractivity contribution in [2.24, 2.45) is 0 Å². The van der Waals surface area contributed by atoms with Crippen LogP contribution in [0.5, 0.6) is 0 Å². The van der Waals surface area contributed by atoms with Crippen molar-refractivity contribution in [3.8, 4) is 11.3 Å². The van der Waals surface area contributed by atoms with Crippen LogP contribution in [0.2, 0.25) is 0 Å². The van der Waals surface area contributed by atoms with E-state index in [-0.39, 0.29) is 35.2 Å². The number of sulfonamides is 1. The number of nitrogens with one attached hydrogen (secondary N) is 1. The van der Waals surface area contributed by atoms with Gasteiger partial charge in [0.1, 0.15) is 11.4 Å². The van der Waals surface area contributed by atoms with E-state index < -0.39 is 21.5 Å². The Morgan fingerprint density at radius 3 is 2.58 bits per heavy atom. The second-order valence-corrected chi connectivity index (χ2v) is 11.4. The lowest BCUT2D eigenvalue weighted by atomic mass is 10.1. The van der Waals surface area contributed by atoms with Crippen molar-refractivity contribution < 1.29 is 35.9 Å². The van der Waals surface area contributed by atoms with E-state index in [0.29, 0.717) is 33.4 Å². The number of benzene rings is 2. The average molecular weight is 612 g/mol. The number of hydrogen-bond acceptors (Lipinski definition) is 5. The first-order valence-corrected chi connectivity index (χ1v) is 13.9. The molecule has 38 heavy (non-hydrogen) atoms. The first-order chi connectivity index (χ1) is 17.9. The zero-order valence-electron chi connectivity index (χ0n) is 19.8. The van der Waals surface area contributed by atoms with Gasteiger partial charge in [-0.1, -0.05) is 25.1 Å². The van der Waals surface area contributed by atoms with Gasteiger partial charge in [0.25, 0.3) is 0 Å². The van der Waals surface area contributed by atoms with Gasteiger partial charge in [0, 0.05) is 29.8 Å². The van der Waals surface area contributed by atoms with Crippen LogP contribution < -0.4 is 4.72 Å². The van der Waals surface area contributed by atoms with Crippen molar-refractivity contribution in [2.45, 2.75) is 44.2 Å². The standard InChI is InChI=1S/C25H21BrF3N3O5S/c1-2-19-30-21(14-8-9-14)22(24(33)34)32(19)12-13-7-10-18-16(11-13)20(26)23(37-18)15-5-3-4-6-17(15)31-38(35,36)25(27,28)29/h3-7,10-11,14,31H,2,8-9,12H2,1H3,(H,33,34). The number of carboxylic acid groups (broad SMARTS) is 1. The average Bonchev–Trinajstić information content (AvgIpc) is 3.56. The number of aryl methyl sites for hydroxylation is 1. The number of carboxylic acids is 1. The molecule has 0 saturated heterocycles. The number of furan rings is 1. The maximum Gasteiger partial charge on any atom is 0.516 e. The zero-order chi connectivity index (χ0) is 27.4. The molecule has 200 valence electrons. The fourth-order valence-corrected chi connectivity index (χ4v) is 5.56. The molecule has 0 amide bonds. The van der Waals surface area contributed by atoms with Gasteiger partial charge in [-0.25, -0.2) is 9.78 Å². The summed E-state index contributed by atoms with van der Waals surface area (Å²) in [4.78, 5) is 16.7. The Morgan fingerprint density at radius 2 is 1.95 bits per heavy atom. The van der Waals surface area contributed by atoms with Gasteiger partial charge >= 0.3 is 21.5 Å². The maximum atomic E-state index is 13.0. The number of rotatable bonds is 8. The Hall–Kier alpha value is -3.32. The lowest BCUT2D eigenvalue weighted by Gasteiger charge is -2.13. The second-order valence-electron chi connectivity index (χ2n) is 8.95. The molecule has 5 rings (SSSR count). The number of alkyl halides is 3. The minimum atomic E-state index is -5.65. The highest BCUT2D eigenvalue weighted by Gasteiger charge is 2.46. The van der Waals surface area contributed by atoms with Crippen LogP contribution in [0.3, 0.4) is 0 Å². The molecule has 0 radical (unpaired) electrons. The van der Waals surface area contributed by atoms with E-state index in [4.69, 9.17) is 4.42 Å². The van der Waals surface area contributed by atoms with Gasteiger partial charge < -0.3 is 14.1 Å². The van der Waals surface area contributed by atoms with Crippen molar-refractivity contribution in [3.05, 3.63) is 69.7 Å². The van der Waals surface area contributed by atoms with Gasteiger partial charge in [-0.15, -0.1) is 0 Å². The third-order valence-electron chi connectivity index (χ3n) is 6.31. The highest BCUT2D eigenvalue weighted by Crippen LogP contribution is 2.43. The maximum absolute atomic E-state index is 13.0. The molecule has 2 heterocycles. The van der Waals surface area contributed by atoms with Gasteiger partial charge in [0.15, 0.2) is 11.5 Å². The molecule has 13 heteroatoms. The number of anilines is 1. The van der Waals surface area contributed by atoms with E-state index in [1.165, 1.54) is 18.2 Å². The van der Waals surface area contributed by atoms with Gasteiger partial charge in [0.05, 0.1) is 15.9 Å². The summed E-state index contributed by atoms with van der Waals surface area (Å²) in [6, 6.07) is 10.8. The van der Waals surface area contributed by atoms with Crippen molar-refractivity contribution in [1.82, 2.24) is 9.55 Å². The summed E-state index contributed by atoms with van der Waals surface area (Å²) in [6.45, 7) is 2.16. The van der Waals surface area contributed by atoms with E-state index in [0.717, 1.165) is 18.4 Å². The predicted molar refractivity (Wildman–Crippen MR) is 138 cm³/mol. The number of fused-ring (bicyclic) bond motifs is 1. The van der Waals surface area contributed by atoms with Crippen LogP contribution in [0.25, 0.3) is 22.3 Å². The van der Waals surface area contributed by atoms with Gasteiger partial charge in [-0.3, -0.25) is 4.72 Å². The zero-order valence-corrected chi connectivity index (χ0v) is 22.2. The van der Waals surface area contributed by atoms with E-state index in [9.17, 15) is 31.5 Å². The summed E-state index contributed by atoms with van der Waals surface area (Å²) in [6.07, 6.45) is 2.38. The number of para-hydroxylation sites is 1. The number of aromatic carboxylic acids is 1. The van der Waals surface area contributed by atoms with Crippen molar-refractivity contribution in [2.75, 3.05) is 4.72 Å². The predicted octanol–water partition coefficient (Wildman–Crippen LogP) is 6.51. The minimum absolute atomic E-state index is 0.107. The summed E-state index contributed by atoms with van der Waals surface area (Å²) in [5.41, 5.74) is -3.72. The number of halogens is 4. The SMILES string of the molecule is CCc1nc(C2CC2)c(C(=O)O)n1Cc1ccc2oc(-c3ccccc3NS(=O)(=O)C(F)(F)F)c(Br)c2c1. The monoisotopic (exact) mass is 611 g/mol. The first-order valence-electron chi connectivity index (χ1n) is 11.6. The molecule has 2 N–H and O–H groups in total. The van der Waals surface area contributed by atoms with E-state index in [1.807, 2.05) is 6.92 Å². The largest absolute Gasteiger partial charge is 0.516 e. The second kappa shape index (κ2) is 9.45. The number of carbonyl (C=O) groups is 1. The molecule has 8 nitrogen and oxygen atoms in total.